The summed E-state index contributed by atoms with van der Waals surface area (Å²) in [6.07, 6.45) is 0. The third-order valence-corrected chi connectivity index (χ3v) is 1.95. The van der Waals surface area contributed by atoms with E-state index in [1.54, 1.807) is 0 Å². The lowest BCUT2D eigenvalue weighted by Gasteiger charge is -2.06. The van der Waals surface area contributed by atoms with Crippen molar-refractivity contribution in [3.05, 3.63) is 23.8 Å². The molecule has 0 aliphatic carbocycles. The Labute approximate surface area is 70.0 Å². The fraction of sp³-hybridized carbons (Fsp3) is 0.143. The molecule has 0 fully saturated rings. The van der Waals surface area contributed by atoms with Crippen LogP contribution in [-0.2, 0) is 0 Å². The van der Waals surface area contributed by atoms with Gasteiger partial charge in [0, 0.05) is 20.2 Å². The monoisotopic (exact) mass is 192 g/mol. The van der Waals surface area contributed by atoms with E-state index < -0.39 is 20.4 Å². The van der Waals surface area contributed by atoms with E-state index in [1.165, 1.54) is 7.11 Å². The van der Waals surface area contributed by atoms with Crippen molar-refractivity contribution in [1.29, 1.82) is 0 Å². The van der Waals surface area contributed by atoms with E-state index in [4.69, 9.17) is 4.89 Å². The average Bonchev–Trinajstić information content (AvgIpc) is 2.03. The average molecular weight is 192 g/mol. The highest BCUT2D eigenvalue weighted by Gasteiger charge is 2.10. The number of hydrogen-bond donors (Lipinski definition) is 1. The van der Waals surface area contributed by atoms with Gasteiger partial charge in [0.1, 0.15) is 5.82 Å². The van der Waals surface area contributed by atoms with Crippen molar-refractivity contribution in [2.45, 2.75) is 0 Å². The van der Waals surface area contributed by atoms with Gasteiger partial charge < -0.3 is 9.63 Å². The topological polar surface area (TPSA) is 29.5 Å². The Morgan fingerprint density at radius 1 is 1.42 bits per heavy atom. The molecule has 1 aromatic rings. The van der Waals surface area contributed by atoms with Crippen LogP contribution in [0.4, 0.5) is 8.78 Å². The van der Waals surface area contributed by atoms with Crippen LogP contribution in [0.2, 0.25) is 0 Å². The molecule has 12 heavy (non-hydrogen) atoms. The maximum atomic E-state index is 12.8. The van der Waals surface area contributed by atoms with Crippen LogP contribution in [0.3, 0.4) is 0 Å². The van der Waals surface area contributed by atoms with Crippen molar-refractivity contribution in [3.63, 3.8) is 0 Å². The molecule has 1 aromatic carbocycles. The smallest absolute Gasteiger partial charge is 0.168 e. The second-order valence-corrected chi connectivity index (χ2v) is 2.84. The Morgan fingerprint density at radius 3 is 2.58 bits per heavy atom. The van der Waals surface area contributed by atoms with Crippen LogP contribution in [0.15, 0.2) is 12.1 Å². The van der Waals surface area contributed by atoms with Gasteiger partial charge in [0.2, 0.25) is 0 Å². The molecule has 0 aromatic heterocycles. The van der Waals surface area contributed by atoms with Crippen molar-refractivity contribution in [3.8, 4) is 5.75 Å². The number of halogens is 2. The number of rotatable bonds is 2. The van der Waals surface area contributed by atoms with Gasteiger partial charge in [-0.1, -0.05) is 0 Å². The Bertz CT molecular complexity index is 291. The Kier molecular flexibility index (Phi) is 2.95. The van der Waals surface area contributed by atoms with Crippen molar-refractivity contribution in [2.75, 3.05) is 7.11 Å². The second-order valence-electron chi connectivity index (χ2n) is 2.08. The Balaban J connectivity index is 3.24. The molecule has 1 unspecified atom stereocenters. The van der Waals surface area contributed by atoms with Crippen molar-refractivity contribution in [2.24, 2.45) is 0 Å². The molecule has 0 saturated carbocycles. The number of methoxy groups -OCH3 is 1. The highest BCUT2D eigenvalue weighted by molar-refractivity contribution is 7.41. The molecule has 5 heteroatoms. The summed E-state index contributed by atoms with van der Waals surface area (Å²) in [5.74, 6) is -1.61. The molecular weight excluding hydrogens is 185 g/mol. The van der Waals surface area contributed by atoms with Crippen molar-refractivity contribution >= 4 is 14.1 Å². The minimum Gasteiger partial charge on any atom is -0.493 e. The lowest BCUT2D eigenvalue weighted by atomic mass is 10.3. The molecule has 1 atom stereocenters. The standard InChI is InChI=1S/C7H7F2O2P/c1-11-7-5(9)2-4(8)3-6(7)12-10/h2-3,10,12H,1H3. The molecule has 0 bridgehead atoms. The maximum Gasteiger partial charge on any atom is 0.168 e. The zero-order valence-electron chi connectivity index (χ0n) is 6.27. The van der Waals surface area contributed by atoms with Crippen LogP contribution in [0, 0.1) is 11.6 Å². The molecule has 66 valence electrons. The molecule has 0 aliphatic rings. The summed E-state index contributed by atoms with van der Waals surface area (Å²) >= 11 is 0. The molecule has 0 aliphatic heterocycles. The molecular formula is C7H7F2O2P. The van der Waals surface area contributed by atoms with Crippen LogP contribution >= 0.6 is 8.81 Å². The summed E-state index contributed by atoms with van der Waals surface area (Å²) in [5, 5.41) is 0.134. The fourth-order valence-corrected chi connectivity index (χ4v) is 1.38. The van der Waals surface area contributed by atoms with Gasteiger partial charge >= 0.3 is 0 Å². The number of hydrogen-bond acceptors (Lipinski definition) is 2. The van der Waals surface area contributed by atoms with Gasteiger partial charge in [-0.25, -0.2) is 8.78 Å². The maximum absolute atomic E-state index is 12.8. The van der Waals surface area contributed by atoms with Crippen LogP contribution in [0.1, 0.15) is 0 Å². The normalized spacial score (nSPS) is 11.0. The zero-order chi connectivity index (χ0) is 9.14. The van der Waals surface area contributed by atoms with Gasteiger partial charge in [0.05, 0.1) is 7.11 Å². The Morgan fingerprint density at radius 2 is 2.08 bits per heavy atom. The van der Waals surface area contributed by atoms with Gasteiger partial charge in [0.25, 0.3) is 0 Å². The molecule has 0 heterocycles. The highest BCUT2D eigenvalue weighted by Crippen LogP contribution is 2.21. The molecule has 0 radical (unpaired) electrons. The largest absolute Gasteiger partial charge is 0.493 e. The summed E-state index contributed by atoms with van der Waals surface area (Å²) < 4.78 is 30.0. The molecule has 0 amide bonds. The first-order valence-electron chi connectivity index (χ1n) is 3.12. The first kappa shape index (κ1) is 9.36. The minimum atomic E-state index is -0.797. The van der Waals surface area contributed by atoms with Gasteiger partial charge in [0.15, 0.2) is 11.6 Å². The summed E-state index contributed by atoms with van der Waals surface area (Å²) in [5.41, 5.74) is 0. The van der Waals surface area contributed by atoms with Gasteiger partial charge in [-0.2, -0.15) is 0 Å². The van der Waals surface area contributed by atoms with E-state index in [0.717, 1.165) is 6.07 Å². The minimum absolute atomic E-state index is 0.0998. The van der Waals surface area contributed by atoms with E-state index in [1.807, 2.05) is 0 Å². The first-order chi connectivity index (χ1) is 5.69. The van der Waals surface area contributed by atoms with Crippen molar-refractivity contribution < 1.29 is 18.4 Å². The molecule has 1 N–H and O–H groups in total. The predicted molar refractivity (Wildman–Crippen MR) is 43.1 cm³/mol. The molecule has 0 spiro atoms. The first-order valence-corrected chi connectivity index (χ1v) is 4.07. The third kappa shape index (κ3) is 1.71. The molecule has 1 rings (SSSR count). The highest BCUT2D eigenvalue weighted by atomic mass is 31.1. The summed E-state index contributed by atoms with van der Waals surface area (Å²) in [7, 11) is 0.587. The van der Waals surface area contributed by atoms with E-state index in [9.17, 15) is 8.78 Å². The van der Waals surface area contributed by atoms with E-state index in [-0.39, 0.29) is 11.1 Å². The Hall–Kier alpha value is -0.730. The lowest BCUT2D eigenvalue weighted by molar-refractivity contribution is 0.387. The number of benzene rings is 1. The lowest BCUT2D eigenvalue weighted by Crippen LogP contribution is -2.04. The molecule has 2 nitrogen and oxygen atoms in total. The third-order valence-electron chi connectivity index (χ3n) is 1.33. The van der Waals surface area contributed by atoms with Gasteiger partial charge in [-0.3, -0.25) is 0 Å². The SMILES string of the molecule is COc1c(F)cc(F)cc1PO. The second kappa shape index (κ2) is 3.78. The van der Waals surface area contributed by atoms with Crippen LogP contribution in [0.5, 0.6) is 5.75 Å². The summed E-state index contributed by atoms with van der Waals surface area (Å²) in [6, 6.07) is 1.75. The fourth-order valence-electron chi connectivity index (χ4n) is 0.851. The zero-order valence-corrected chi connectivity index (χ0v) is 7.27. The van der Waals surface area contributed by atoms with E-state index in [2.05, 4.69) is 4.74 Å². The summed E-state index contributed by atoms with van der Waals surface area (Å²) in [6.45, 7) is 0. The quantitative estimate of drug-likeness (QED) is 0.713. The van der Waals surface area contributed by atoms with Gasteiger partial charge in [-0.15, -0.1) is 0 Å². The van der Waals surface area contributed by atoms with Gasteiger partial charge in [-0.05, 0) is 6.07 Å². The van der Waals surface area contributed by atoms with Crippen LogP contribution < -0.4 is 10.0 Å². The predicted octanol–water partition coefficient (Wildman–Crippen LogP) is 1.18. The number of ether oxygens (including phenoxy) is 1. The molecule has 0 saturated heterocycles. The van der Waals surface area contributed by atoms with E-state index >= 15 is 0 Å². The van der Waals surface area contributed by atoms with Crippen LogP contribution in [-0.4, -0.2) is 12.0 Å². The van der Waals surface area contributed by atoms with Crippen molar-refractivity contribution in [1.82, 2.24) is 0 Å². The summed E-state index contributed by atoms with van der Waals surface area (Å²) in [4.78, 5) is 8.71. The van der Waals surface area contributed by atoms with Crippen LogP contribution in [0.25, 0.3) is 0 Å². The van der Waals surface area contributed by atoms with E-state index in [0.29, 0.717) is 6.07 Å².